The number of benzene rings is 1. The van der Waals surface area contributed by atoms with Crippen LogP contribution in [0.1, 0.15) is 18.4 Å². The summed E-state index contributed by atoms with van der Waals surface area (Å²) in [6.45, 7) is 2.39. The number of unbranched alkanes of at least 4 members (excludes halogenated alkanes) is 1. The third kappa shape index (κ3) is 6.06. The van der Waals surface area contributed by atoms with Gasteiger partial charge in [0.1, 0.15) is 18.5 Å². The van der Waals surface area contributed by atoms with Crippen LogP contribution in [0.2, 0.25) is 0 Å². The lowest BCUT2D eigenvalue weighted by Gasteiger charge is -2.12. The average molecular weight is 318 g/mol. The lowest BCUT2D eigenvalue weighted by molar-refractivity contribution is 0.595. The van der Waals surface area contributed by atoms with Crippen LogP contribution in [-0.4, -0.2) is 40.9 Å². The smallest absolute Gasteiger partial charge is 0.190 e. The molecule has 0 radical (unpaired) electrons. The van der Waals surface area contributed by atoms with Crippen LogP contribution in [0.3, 0.4) is 0 Å². The van der Waals surface area contributed by atoms with Crippen molar-refractivity contribution in [1.29, 1.82) is 0 Å². The van der Waals surface area contributed by atoms with Crippen molar-refractivity contribution in [2.45, 2.75) is 25.8 Å². The highest BCUT2D eigenvalue weighted by Gasteiger charge is 2.01. The molecule has 7 heteroatoms. The van der Waals surface area contributed by atoms with E-state index in [0.717, 1.165) is 31.9 Å². The first kappa shape index (κ1) is 16.9. The van der Waals surface area contributed by atoms with Crippen molar-refractivity contribution in [3.05, 3.63) is 48.3 Å². The highest BCUT2D eigenvalue weighted by atomic mass is 19.1. The number of halogens is 1. The molecule has 0 aliphatic carbocycles. The normalized spacial score (nSPS) is 11.5. The molecule has 0 bridgehead atoms. The van der Waals surface area contributed by atoms with Crippen LogP contribution in [0.15, 0.2) is 41.9 Å². The molecule has 0 saturated heterocycles. The molecule has 1 heterocycles. The molecule has 0 amide bonds. The topological polar surface area (TPSA) is 67.1 Å². The number of guanidine groups is 1. The van der Waals surface area contributed by atoms with Gasteiger partial charge in [-0.15, -0.1) is 10.2 Å². The van der Waals surface area contributed by atoms with E-state index in [-0.39, 0.29) is 5.82 Å². The van der Waals surface area contributed by atoms with Crippen molar-refractivity contribution in [2.75, 3.05) is 20.1 Å². The molecule has 0 fully saturated rings. The molecule has 1 aromatic heterocycles. The van der Waals surface area contributed by atoms with Crippen molar-refractivity contribution < 1.29 is 4.39 Å². The Kier molecular flexibility index (Phi) is 7.03. The fourth-order valence-corrected chi connectivity index (χ4v) is 2.20. The van der Waals surface area contributed by atoms with Gasteiger partial charge in [-0.25, -0.2) is 4.39 Å². The Morgan fingerprint density at radius 3 is 2.61 bits per heavy atom. The van der Waals surface area contributed by atoms with Gasteiger partial charge in [0.25, 0.3) is 0 Å². The summed E-state index contributed by atoms with van der Waals surface area (Å²) < 4.78 is 15.5. The van der Waals surface area contributed by atoms with E-state index in [1.54, 1.807) is 31.8 Å². The molecule has 2 N–H and O–H groups in total. The standard InChI is InChI=1S/C16H23FN6/c1-18-16(19-9-4-5-11-23-12-21-22-13-23)20-10-8-14-6-2-3-7-15(14)17/h2-3,6-7,12-13H,4-5,8-11H2,1H3,(H2,18,19,20). The Hall–Kier alpha value is -2.44. The Balaban J connectivity index is 1.59. The molecule has 0 saturated carbocycles. The van der Waals surface area contributed by atoms with E-state index < -0.39 is 0 Å². The first-order valence-corrected chi connectivity index (χ1v) is 7.80. The minimum absolute atomic E-state index is 0.161. The van der Waals surface area contributed by atoms with Crippen molar-refractivity contribution >= 4 is 5.96 Å². The lowest BCUT2D eigenvalue weighted by atomic mass is 10.1. The SMILES string of the molecule is CN=C(NCCCCn1cnnc1)NCCc1ccccc1F. The van der Waals surface area contributed by atoms with Gasteiger partial charge in [0.05, 0.1) is 0 Å². The fourth-order valence-electron chi connectivity index (χ4n) is 2.20. The second kappa shape index (κ2) is 9.55. The Morgan fingerprint density at radius 1 is 1.13 bits per heavy atom. The maximum absolute atomic E-state index is 13.5. The first-order valence-electron chi connectivity index (χ1n) is 7.80. The van der Waals surface area contributed by atoms with Gasteiger partial charge in [-0.05, 0) is 30.9 Å². The summed E-state index contributed by atoms with van der Waals surface area (Å²) in [5.41, 5.74) is 0.712. The van der Waals surface area contributed by atoms with Crippen LogP contribution in [0.4, 0.5) is 4.39 Å². The largest absolute Gasteiger partial charge is 0.356 e. The zero-order valence-electron chi connectivity index (χ0n) is 13.4. The van der Waals surface area contributed by atoms with Gasteiger partial charge in [-0.3, -0.25) is 4.99 Å². The molecule has 23 heavy (non-hydrogen) atoms. The predicted molar refractivity (Wildman–Crippen MR) is 88.7 cm³/mol. The minimum Gasteiger partial charge on any atom is -0.356 e. The molecule has 0 aliphatic heterocycles. The molecule has 0 aliphatic rings. The minimum atomic E-state index is -0.161. The molecule has 124 valence electrons. The van der Waals surface area contributed by atoms with Gasteiger partial charge in [0.2, 0.25) is 0 Å². The molecule has 0 atom stereocenters. The molecule has 6 nitrogen and oxygen atoms in total. The molecular weight excluding hydrogens is 295 g/mol. The summed E-state index contributed by atoms with van der Waals surface area (Å²) in [6, 6.07) is 6.84. The number of aliphatic imine (C=N–C) groups is 1. The summed E-state index contributed by atoms with van der Waals surface area (Å²) in [6.07, 6.45) is 6.12. The summed E-state index contributed by atoms with van der Waals surface area (Å²) in [4.78, 5) is 4.16. The molecule has 2 rings (SSSR count). The van der Waals surface area contributed by atoms with Crippen LogP contribution in [0.25, 0.3) is 0 Å². The Bertz CT molecular complexity index is 596. The van der Waals surface area contributed by atoms with Gasteiger partial charge < -0.3 is 15.2 Å². The van der Waals surface area contributed by atoms with E-state index in [0.29, 0.717) is 18.5 Å². The van der Waals surface area contributed by atoms with Gasteiger partial charge in [-0.2, -0.15) is 0 Å². The highest BCUT2D eigenvalue weighted by Crippen LogP contribution is 2.06. The summed E-state index contributed by atoms with van der Waals surface area (Å²) in [7, 11) is 1.73. The van der Waals surface area contributed by atoms with Crippen LogP contribution in [0.5, 0.6) is 0 Å². The van der Waals surface area contributed by atoms with Crippen LogP contribution in [-0.2, 0) is 13.0 Å². The number of hydrogen-bond donors (Lipinski definition) is 2. The van der Waals surface area contributed by atoms with Gasteiger partial charge in [0, 0.05) is 26.7 Å². The first-order chi connectivity index (χ1) is 11.3. The van der Waals surface area contributed by atoms with E-state index in [9.17, 15) is 4.39 Å². The van der Waals surface area contributed by atoms with Crippen LogP contribution >= 0.6 is 0 Å². The number of hydrogen-bond acceptors (Lipinski definition) is 3. The van der Waals surface area contributed by atoms with E-state index in [1.807, 2.05) is 10.6 Å². The van der Waals surface area contributed by atoms with E-state index in [4.69, 9.17) is 0 Å². The predicted octanol–water partition coefficient (Wildman–Crippen LogP) is 1.61. The summed E-state index contributed by atoms with van der Waals surface area (Å²) >= 11 is 0. The number of nitrogens with one attached hydrogen (secondary N) is 2. The maximum atomic E-state index is 13.5. The van der Waals surface area contributed by atoms with E-state index in [2.05, 4.69) is 25.8 Å². The fraction of sp³-hybridized carbons (Fsp3) is 0.438. The third-order valence-electron chi connectivity index (χ3n) is 3.47. The molecular formula is C16H23FN6. The second-order valence-corrected chi connectivity index (χ2v) is 5.17. The average Bonchev–Trinajstić information content (AvgIpc) is 3.08. The van der Waals surface area contributed by atoms with Crippen molar-refractivity contribution in [1.82, 2.24) is 25.4 Å². The summed E-state index contributed by atoms with van der Waals surface area (Å²) in [5, 5.41) is 14.0. The highest BCUT2D eigenvalue weighted by molar-refractivity contribution is 5.79. The molecule has 0 spiro atoms. The van der Waals surface area contributed by atoms with Crippen molar-refractivity contribution in [2.24, 2.45) is 4.99 Å². The Morgan fingerprint density at radius 2 is 1.87 bits per heavy atom. The van der Waals surface area contributed by atoms with Crippen molar-refractivity contribution in [3.8, 4) is 0 Å². The number of rotatable bonds is 8. The second-order valence-electron chi connectivity index (χ2n) is 5.17. The van der Waals surface area contributed by atoms with E-state index in [1.165, 1.54) is 6.07 Å². The molecule has 2 aromatic rings. The Labute approximate surface area is 135 Å². The zero-order valence-corrected chi connectivity index (χ0v) is 13.4. The molecule has 0 unspecified atom stereocenters. The third-order valence-corrected chi connectivity index (χ3v) is 3.47. The van der Waals surface area contributed by atoms with Crippen molar-refractivity contribution in [3.63, 3.8) is 0 Å². The van der Waals surface area contributed by atoms with Crippen LogP contribution < -0.4 is 10.6 Å². The number of nitrogens with zero attached hydrogens (tertiary/aromatic N) is 4. The van der Waals surface area contributed by atoms with Crippen LogP contribution in [0, 0.1) is 5.82 Å². The molecule has 1 aromatic carbocycles. The maximum Gasteiger partial charge on any atom is 0.190 e. The lowest BCUT2D eigenvalue weighted by Crippen LogP contribution is -2.38. The number of aryl methyl sites for hydroxylation is 1. The van der Waals surface area contributed by atoms with E-state index >= 15 is 0 Å². The quantitative estimate of drug-likeness (QED) is 0.441. The number of aromatic nitrogens is 3. The monoisotopic (exact) mass is 318 g/mol. The van der Waals surface area contributed by atoms with Gasteiger partial charge >= 0.3 is 0 Å². The van der Waals surface area contributed by atoms with Gasteiger partial charge in [-0.1, -0.05) is 18.2 Å². The zero-order chi connectivity index (χ0) is 16.3. The summed E-state index contributed by atoms with van der Waals surface area (Å²) in [5.74, 6) is 0.580. The van der Waals surface area contributed by atoms with Gasteiger partial charge in [0.15, 0.2) is 5.96 Å².